The summed E-state index contributed by atoms with van der Waals surface area (Å²) in [6.45, 7) is 0.480. The van der Waals surface area contributed by atoms with Crippen molar-refractivity contribution in [2.75, 3.05) is 19.5 Å². The van der Waals surface area contributed by atoms with Gasteiger partial charge in [0.15, 0.2) is 6.04 Å². The number of carbonyl (C=O) groups is 3. The molecule has 0 aromatic carbocycles. The van der Waals surface area contributed by atoms with Crippen LogP contribution in [0.4, 0.5) is 0 Å². The smallest absolute Gasteiger partial charge is 0.328 e. The molecule has 0 rings (SSSR count). The van der Waals surface area contributed by atoms with Gasteiger partial charge < -0.3 is 14.9 Å². The van der Waals surface area contributed by atoms with E-state index in [1.165, 1.54) is 0 Å². The summed E-state index contributed by atoms with van der Waals surface area (Å²) in [4.78, 5) is 33.5. The number of rotatable bonds is 7. The Hall–Kier alpha value is -1.32. The van der Waals surface area contributed by atoms with E-state index in [9.17, 15) is 14.4 Å². The molecule has 0 unspecified atom stereocenters. The van der Waals surface area contributed by atoms with Crippen molar-refractivity contribution in [2.24, 2.45) is 0 Å². The third kappa shape index (κ3) is 4.51. The van der Waals surface area contributed by atoms with E-state index in [0.717, 1.165) is 19.0 Å². The number of thiol groups is 1. The zero-order valence-corrected chi connectivity index (χ0v) is 10.9. The fourth-order valence-electron chi connectivity index (χ4n) is 1.15. The molecule has 104 valence electrons. The summed E-state index contributed by atoms with van der Waals surface area (Å²) < 4.78 is 4.39. The molecular weight excluding hydrogens is 264 g/mol. The molecule has 1 amide bonds. The highest BCUT2D eigenvalue weighted by Gasteiger charge is 2.30. The molecule has 0 heterocycles. The molecule has 8 nitrogen and oxygen atoms in total. The molecule has 0 aliphatic rings. The van der Waals surface area contributed by atoms with Crippen molar-refractivity contribution in [1.82, 2.24) is 10.4 Å². The molecule has 2 atom stereocenters. The molecule has 3 N–H and O–H groups in total. The molecule has 9 heteroatoms. The maximum atomic E-state index is 11.3. The molecule has 0 aliphatic carbocycles. The van der Waals surface area contributed by atoms with Crippen molar-refractivity contribution in [3.05, 3.63) is 0 Å². The molecule has 0 fully saturated rings. The molecule has 0 saturated heterocycles. The molecule has 0 spiro atoms. The summed E-state index contributed by atoms with van der Waals surface area (Å²) >= 11 is 3.82. The van der Waals surface area contributed by atoms with Crippen molar-refractivity contribution < 1.29 is 29.3 Å². The van der Waals surface area contributed by atoms with Crippen molar-refractivity contribution >= 4 is 30.5 Å². The number of ether oxygens (including phenoxy) is 1. The number of amides is 1. The summed E-state index contributed by atoms with van der Waals surface area (Å²) in [5.41, 5.74) is 2.32. The molecule has 0 aliphatic heterocycles. The zero-order valence-electron chi connectivity index (χ0n) is 9.99. The van der Waals surface area contributed by atoms with Crippen LogP contribution in [0.5, 0.6) is 0 Å². The van der Waals surface area contributed by atoms with Crippen molar-refractivity contribution in [1.29, 1.82) is 0 Å². The van der Waals surface area contributed by atoms with Gasteiger partial charge in [-0.3, -0.25) is 14.6 Å². The number of aliphatic hydroxyl groups excluding tert-OH is 1. The highest BCUT2D eigenvalue weighted by molar-refractivity contribution is 7.80. The Morgan fingerprint density at radius 2 is 2.00 bits per heavy atom. The highest BCUT2D eigenvalue weighted by atomic mass is 32.1. The summed E-state index contributed by atoms with van der Waals surface area (Å²) in [5.74, 6) is -2.87. The Morgan fingerprint density at radius 1 is 1.44 bits per heavy atom. The number of hydrogen-bond donors (Lipinski definition) is 4. The number of hydrazine groups is 1. The SMILES string of the molecule is COC(=O)[C@H](CO)NN(C(C)=O)[C@@H](CS)C(=O)O. The molecule has 0 aromatic rings. The van der Waals surface area contributed by atoms with E-state index >= 15 is 0 Å². The van der Waals surface area contributed by atoms with Gasteiger partial charge in [-0.1, -0.05) is 0 Å². The van der Waals surface area contributed by atoms with Crippen molar-refractivity contribution in [3.8, 4) is 0 Å². The van der Waals surface area contributed by atoms with Gasteiger partial charge in [0.05, 0.1) is 13.7 Å². The number of carboxylic acids is 1. The first-order valence-electron chi connectivity index (χ1n) is 4.97. The minimum Gasteiger partial charge on any atom is -0.480 e. The zero-order chi connectivity index (χ0) is 14.3. The van der Waals surface area contributed by atoms with E-state index in [-0.39, 0.29) is 5.75 Å². The number of carbonyl (C=O) groups excluding carboxylic acids is 2. The number of carboxylic acid groups (broad SMARTS) is 1. The molecule has 0 aromatic heterocycles. The maximum Gasteiger partial charge on any atom is 0.328 e. The number of nitrogens with zero attached hydrogens (tertiary/aromatic N) is 1. The van der Waals surface area contributed by atoms with Gasteiger partial charge in [0, 0.05) is 12.7 Å². The lowest BCUT2D eigenvalue weighted by atomic mass is 10.3. The number of methoxy groups -OCH3 is 1. The Bertz CT molecular complexity index is 324. The number of aliphatic carboxylic acids is 1. The second-order valence-electron chi connectivity index (χ2n) is 3.31. The lowest BCUT2D eigenvalue weighted by molar-refractivity contribution is -0.156. The van der Waals surface area contributed by atoms with Gasteiger partial charge in [0.25, 0.3) is 0 Å². The van der Waals surface area contributed by atoms with Crippen molar-refractivity contribution in [3.63, 3.8) is 0 Å². The van der Waals surface area contributed by atoms with Crippen LogP contribution in [-0.4, -0.2) is 64.6 Å². The van der Waals surface area contributed by atoms with Crippen LogP contribution >= 0.6 is 12.6 Å². The van der Waals surface area contributed by atoms with E-state index in [2.05, 4.69) is 22.8 Å². The van der Waals surface area contributed by atoms with E-state index in [1.54, 1.807) is 0 Å². The van der Waals surface area contributed by atoms with Crippen LogP contribution in [0.3, 0.4) is 0 Å². The standard InChI is InChI=1S/C9H16N2O6S/c1-5(13)11(7(4-18)8(14)15)10-6(3-12)9(16)17-2/h6-7,10,12,18H,3-4H2,1-2H3,(H,14,15)/t6-,7-/m0/s1. The second kappa shape index (κ2) is 7.90. The molecule has 0 radical (unpaired) electrons. The van der Waals surface area contributed by atoms with Gasteiger partial charge in [0.2, 0.25) is 5.91 Å². The van der Waals surface area contributed by atoms with E-state index < -0.39 is 36.5 Å². The number of esters is 1. The topological polar surface area (TPSA) is 116 Å². The van der Waals surface area contributed by atoms with Crippen LogP contribution in [0.25, 0.3) is 0 Å². The maximum absolute atomic E-state index is 11.3. The fourth-order valence-corrected chi connectivity index (χ4v) is 1.47. The molecule has 0 bridgehead atoms. The summed E-state index contributed by atoms with van der Waals surface area (Å²) in [5, 5.41) is 18.6. The largest absolute Gasteiger partial charge is 0.480 e. The number of hydrogen-bond acceptors (Lipinski definition) is 7. The minimum absolute atomic E-state index is 0.152. The second-order valence-corrected chi connectivity index (χ2v) is 3.68. The first kappa shape index (κ1) is 16.7. The van der Waals surface area contributed by atoms with Crippen LogP contribution in [0.15, 0.2) is 0 Å². The van der Waals surface area contributed by atoms with Crippen LogP contribution in [0.2, 0.25) is 0 Å². The van der Waals surface area contributed by atoms with Gasteiger partial charge in [-0.2, -0.15) is 12.6 Å². The van der Waals surface area contributed by atoms with Crippen LogP contribution in [0.1, 0.15) is 6.92 Å². The van der Waals surface area contributed by atoms with Crippen molar-refractivity contribution in [2.45, 2.75) is 19.0 Å². The Kier molecular flexibility index (Phi) is 7.32. The van der Waals surface area contributed by atoms with E-state index in [4.69, 9.17) is 10.2 Å². The fraction of sp³-hybridized carbons (Fsp3) is 0.667. The number of aliphatic hydroxyl groups is 1. The Balaban J connectivity index is 4.96. The third-order valence-corrected chi connectivity index (χ3v) is 2.42. The molecule has 18 heavy (non-hydrogen) atoms. The average molecular weight is 280 g/mol. The monoisotopic (exact) mass is 280 g/mol. The average Bonchev–Trinajstić information content (AvgIpc) is 2.32. The van der Waals surface area contributed by atoms with Gasteiger partial charge in [-0.15, -0.1) is 0 Å². The predicted molar refractivity (Wildman–Crippen MR) is 63.8 cm³/mol. The van der Waals surface area contributed by atoms with Gasteiger partial charge >= 0.3 is 11.9 Å². The van der Waals surface area contributed by atoms with E-state index in [0.29, 0.717) is 0 Å². The minimum atomic E-state index is -1.28. The van der Waals surface area contributed by atoms with Crippen LogP contribution in [-0.2, 0) is 19.1 Å². The summed E-state index contributed by atoms with van der Waals surface area (Å²) in [6.07, 6.45) is 0. The lowest BCUT2D eigenvalue weighted by Crippen LogP contribution is -2.59. The predicted octanol–water partition coefficient (Wildman–Crippen LogP) is -1.74. The summed E-state index contributed by atoms with van der Waals surface area (Å²) in [6, 6.07) is -2.48. The highest BCUT2D eigenvalue weighted by Crippen LogP contribution is 2.02. The summed E-state index contributed by atoms with van der Waals surface area (Å²) in [7, 11) is 1.11. The van der Waals surface area contributed by atoms with Crippen LogP contribution in [0, 0.1) is 0 Å². The molecular formula is C9H16N2O6S. The van der Waals surface area contributed by atoms with Gasteiger partial charge in [-0.25, -0.2) is 10.2 Å². The third-order valence-electron chi connectivity index (χ3n) is 2.07. The Labute approximate surface area is 109 Å². The number of nitrogens with one attached hydrogen (secondary N) is 1. The Morgan fingerprint density at radius 3 is 2.28 bits per heavy atom. The van der Waals surface area contributed by atoms with E-state index in [1.807, 2.05) is 0 Å². The van der Waals surface area contributed by atoms with Gasteiger partial charge in [0.1, 0.15) is 6.04 Å². The quantitative estimate of drug-likeness (QED) is 0.248. The first-order valence-corrected chi connectivity index (χ1v) is 5.60. The first-order chi connectivity index (χ1) is 8.38. The molecule has 0 saturated carbocycles. The van der Waals surface area contributed by atoms with Gasteiger partial charge in [-0.05, 0) is 0 Å². The lowest BCUT2D eigenvalue weighted by Gasteiger charge is -2.30. The van der Waals surface area contributed by atoms with Crippen LogP contribution < -0.4 is 5.43 Å². The normalized spacial score (nSPS) is 13.6.